The SMILES string of the molecule is Cc1cccc2[nH]c(Cc3cccc(N)c3)nc12. The van der Waals surface area contributed by atoms with Crippen LogP contribution in [-0.2, 0) is 6.42 Å². The first-order valence-corrected chi connectivity index (χ1v) is 6.01. The fourth-order valence-electron chi connectivity index (χ4n) is 2.21. The van der Waals surface area contributed by atoms with Gasteiger partial charge in [0, 0.05) is 12.1 Å². The lowest BCUT2D eigenvalue weighted by Gasteiger charge is -1.99. The van der Waals surface area contributed by atoms with Gasteiger partial charge in [-0.2, -0.15) is 0 Å². The van der Waals surface area contributed by atoms with Gasteiger partial charge in [-0.25, -0.2) is 4.98 Å². The Morgan fingerprint density at radius 1 is 1.17 bits per heavy atom. The quantitative estimate of drug-likeness (QED) is 0.673. The van der Waals surface area contributed by atoms with Gasteiger partial charge < -0.3 is 10.7 Å². The summed E-state index contributed by atoms with van der Waals surface area (Å²) >= 11 is 0. The fourth-order valence-corrected chi connectivity index (χ4v) is 2.21. The Hall–Kier alpha value is -2.29. The van der Waals surface area contributed by atoms with Crippen molar-refractivity contribution in [2.24, 2.45) is 0 Å². The van der Waals surface area contributed by atoms with Gasteiger partial charge in [0.2, 0.25) is 0 Å². The minimum absolute atomic E-state index is 0.777. The molecule has 0 radical (unpaired) electrons. The van der Waals surface area contributed by atoms with Crippen LogP contribution in [0.3, 0.4) is 0 Å². The van der Waals surface area contributed by atoms with Gasteiger partial charge in [0.05, 0.1) is 11.0 Å². The predicted octanol–water partition coefficient (Wildman–Crippen LogP) is 3.04. The van der Waals surface area contributed by atoms with Gasteiger partial charge in [-0.1, -0.05) is 24.3 Å². The number of fused-ring (bicyclic) bond motifs is 1. The summed E-state index contributed by atoms with van der Waals surface area (Å²) in [5.41, 5.74) is 11.1. The number of para-hydroxylation sites is 1. The molecule has 0 fully saturated rings. The van der Waals surface area contributed by atoms with E-state index in [1.807, 2.05) is 24.3 Å². The number of hydrogen-bond donors (Lipinski definition) is 2. The largest absolute Gasteiger partial charge is 0.399 e. The van der Waals surface area contributed by atoms with E-state index in [0.717, 1.165) is 29.0 Å². The van der Waals surface area contributed by atoms with Gasteiger partial charge in [0.15, 0.2) is 0 Å². The van der Waals surface area contributed by atoms with Crippen LogP contribution < -0.4 is 5.73 Å². The van der Waals surface area contributed by atoms with Crippen molar-refractivity contribution >= 4 is 16.7 Å². The van der Waals surface area contributed by atoms with Crippen LogP contribution >= 0.6 is 0 Å². The molecule has 18 heavy (non-hydrogen) atoms. The number of hydrogen-bond acceptors (Lipinski definition) is 2. The van der Waals surface area contributed by atoms with Crippen LogP contribution in [0.4, 0.5) is 5.69 Å². The van der Waals surface area contributed by atoms with E-state index in [0.29, 0.717) is 0 Å². The van der Waals surface area contributed by atoms with Crippen LogP contribution in [0.2, 0.25) is 0 Å². The van der Waals surface area contributed by atoms with E-state index in [4.69, 9.17) is 5.73 Å². The number of H-pyrrole nitrogens is 1. The van der Waals surface area contributed by atoms with Crippen LogP contribution in [0.5, 0.6) is 0 Å². The molecule has 1 heterocycles. The van der Waals surface area contributed by atoms with Crippen LogP contribution in [0, 0.1) is 6.92 Å². The number of rotatable bonds is 2. The molecule has 0 saturated carbocycles. The number of anilines is 1. The molecular formula is C15H15N3. The van der Waals surface area contributed by atoms with Crippen molar-refractivity contribution in [3.63, 3.8) is 0 Å². The summed E-state index contributed by atoms with van der Waals surface area (Å²) in [5.74, 6) is 0.977. The van der Waals surface area contributed by atoms with Crippen molar-refractivity contribution in [2.75, 3.05) is 5.73 Å². The number of nitrogen functional groups attached to an aromatic ring is 1. The van der Waals surface area contributed by atoms with Gasteiger partial charge in [0.1, 0.15) is 5.82 Å². The molecule has 3 aromatic rings. The second kappa shape index (κ2) is 4.18. The Bertz CT molecular complexity index is 698. The molecule has 3 nitrogen and oxygen atoms in total. The first kappa shape index (κ1) is 10.8. The summed E-state index contributed by atoms with van der Waals surface area (Å²) < 4.78 is 0. The van der Waals surface area contributed by atoms with Crippen LogP contribution in [0.25, 0.3) is 11.0 Å². The molecule has 2 aromatic carbocycles. The highest BCUT2D eigenvalue weighted by atomic mass is 14.9. The van der Waals surface area contributed by atoms with E-state index in [9.17, 15) is 0 Å². The molecule has 3 heteroatoms. The first-order chi connectivity index (χ1) is 8.72. The Morgan fingerprint density at radius 3 is 2.78 bits per heavy atom. The second-order valence-corrected chi connectivity index (χ2v) is 4.58. The van der Waals surface area contributed by atoms with Gasteiger partial charge in [0.25, 0.3) is 0 Å². The molecule has 0 unspecified atom stereocenters. The zero-order valence-corrected chi connectivity index (χ0v) is 10.3. The fraction of sp³-hybridized carbons (Fsp3) is 0.133. The highest BCUT2D eigenvalue weighted by Gasteiger charge is 2.05. The lowest BCUT2D eigenvalue weighted by Crippen LogP contribution is -1.92. The van der Waals surface area contributed by atoms with Crippen LogP contribution in [0.1, 0.15) is 17.0 Å². The standard InChI is InChI=1S/C15H15N3/c1-10-4-2-7-13-15(10)18-14(17-13)9-11-5-3-6-12(16)8-11/h2-8H,9,16H2,1H3,(H,17,18). The number of nitrogens with two attached hydrogens (primary N) is 1. The lowest BCUT2D eigenvalue weighted by molar-refractivity contribution is 1.04. The maximum atomic E-state index is 5.78. The van der Waals surface area contributed by atoms with E-state index in [-0.39, 0.29) is 0 Å². The number of aryl methyl sites for hydroxylation is 1. The minimum Gasteiger partial charge on any atom is -0.399 e. The second-order valence-electron chi connectivity index (χ2n) is 4.58. The van der Waals surface area contributed by atoms with Crippen LogP contribution in [0.15, 0.2) is 42.5 Å². The zero-order valence-electron chi connectivity index (χ0n) is 10.3. The lowest BCUT2D eigenvalue weighted by atomic mass is 10.1. The molecule has 0 spiro atoms. The number of benzene rings is 2. The maximum Gasteiger partial charge on any atom is 0.111 e. The van der Waals surface area contributed by atoms with E-state index in [2.05, 4.69) is 35.1 Å². The van der Waals surface area contributed by atoms with Crippen molar-refractivity contribution < 1.29 is 0 Å². The van der Waals surface area contributed by atoms with Crippen molar-refractivity contribution in [1.29, 1.82) is 0 Å². The van der Waals surface area contributed by atoms with Gasteiger partial charge in [-0.15, -0.1) is 0 Å². The molecule has 1 aromatic heterocycles. The first-order valence-electron chi connectivity index (χ1n) is 6.01. The molecule has 0 atom stereocenters. The third-order valence-electron chi connectivity index (χ3n) is 3.09. The molecular weight excluding hydrogens is 222 g/mol. The smallest absolute Gasteiger partial charge is 0.111 e. The van der Waals surface area contributed by atoms with Gasteiger partial charge in [-0.3, -0.25) is 0 Å². The van der Waals surface area contributed by atoms with E-state index in [1.165, 1.54) is 11.1 Å². The van der Waals surface area contributed by atoms with Gasteiger partial charge >= 0.3 is 0 Å². The highest BCUT2D eigenvalue weighted by Crippen LogP contribution is 2.17. The molecule has 0 aliphatic carbocycles. The van der Waals surface area contributed by atoms with E-state index >= 15 is 0 Å². The van der Waals surface area contributed by atoms with Gasteiger partial charge in [-0.05, 0) is 36.2 Å². The summed E-state index contributed by atoms with van der Waals surface area (Å²) in [6.45, 7) is 2.08. The highest BCUT2D eigenvalue weighted by molar-refractivity contribution is 5.78. The van der Waals surface area contributed by atoms with Crippen molar-refractivity contribution in [3.05, 3.63) is 59.4 Å². The zero-order chi connectivity index (χ0) is 12.5. The van der Waals surface area contributed by atoms with Crippen molar-refractivity contribution in [3.8, 4) is 0 Å². The number of nitrogens with zero attached hydrogens (tertiary/aromatic N) is 1. The van der Waals surface area contributed by atoms with Crippen molar-refractivity contribution in [2.45, 2.75) is 13.3 Å². The molecule has 90 valence electrons. The normalized spacial score (nSPS) is 10.9. The molecule has 0 aliphatic heterocycles. The average Bonchev–Trinajstić information content (AvgIpc) is 2.73. The summed E-state index contributed by atoms with van der Waals surface area (Å²) in [4.78, 5) is 7.99. The van der Waals surface area contributed by atoms with E-state index < -0.39 is 0 Å². The third kappa shape index (κ3) is 1.95. The molecule has 0 bridgehead atoms. The Labute approximate surface area is 106 Å². The van der Waals surface area contributed by atoms with E-state index in [1.54, 1.807) is 0 Å². The monoisotopic (exact) mass is 237 g/mol. The predicted molar refractivity (Wildman–Crippen MR) is 74.5 cm³/mol. The number of imidazole rings is 1. The summed E-state index contributed by atoms with van der Waals surface area (Å²) in [6, 6.07) is 14.1. The summed E-state index contributed by atoms with van der Waals surface area (Å²) in [7, 11) is 0. The minimum atomic E-state index is 0.777. The molecule has 3 rings (SSSR count). The molecule has 3 N–H and O–H groups in total. The molecule has 0 saturated heterocycles. The number of aromatic nitrogens is 2. The van der Waals surface area contributed by atoms with Crippen molar-refractivity contribution in [1.82, 2.24) is 9.97 Å². The number of nitrogens with one attached hydrogen (secondary N) is 1. The average molecular weight is 237 g/mol. The number of aromatic amines is 1. The molecule has 0 aliphatic rings. The Kier molecular flexibility index (Phi) is 2.52. The Balaban J connectivity index is 1.98. The summed E-state index contributed by atoms with van der Waals surface area (Å²) in [5, 5.41) is 0. The topological polar surface area (TPSA) is 54.7 Å². The third-order valence-corrected chi connectivity index (χ3v) is 3.09. The molecule has 0 amide bonds. The summed E-state index contributed by atoms with van der Waals surface area (Å²) in [6.07, 6.45) is 0.777. The Morgan fingerprint density at radius 2 is 2.00 bits per heavy atom. The van der Waals surface area contributed by atoms with Crippen LogP contribution in [-0.4, -0.2) is 9.97 Å². The maximum absolute atomic E-state index is 5.78.